The molecule has 1 N–H and O–H groups in total. The fourth-order valence-electron chi connectivity index (χ4n) is 4.77. The van der Waals surface area contributed by atoms with Gasteiger partial charge in [-0.05, 0) is 31.7 Å². The fraction of sp³-hybridized carbons (Fsp3) is 0.400. The first-order valence-electron chi connectivity index (χ1n) is 12.2. The summed E-state index contributed by atoms with van der Waals surface area (Å²) in [6, 6.07) is 4.16. The average Bonchev–Trinajstić information content (AvgIpc) is 3.51. The number of carboxylic acid groups (broad SMARTS) is 1. The van der Waals surface area contributed by atoms with Gasteiger partial charge < -0.3 is 14.6 Å². The number of alkyl halides is 3. The summed E-state index contributed by atoms with van der Waals surface area (Å²) in [7, 11) is 4.46. The van der Waals surface area contributed by atoms with E-state index < -0.39 is 24.1 Å². The summed E-state index contributed by atoms with van der Waals surface area (Å²) in [5.41, 5.74) is 1.03. The number of aromatic nitrogens is 6. The van der Waals surface area contributed by atoms with E-state index in [0.717, 1.165) is 15.8 Å². The summed E-state index contributed by atoms with van der Waals surface area (Å²) < 4.78 is 54.8. The molecule has 39 heavy (non-hydrogen) atoms. The molecule has 5 rings (SSSR count). The third-order valence-electron chi connectivity index (χ3n) is 6.78. The van der Waals surface area contributed by atoms with Crippen LogP contribution in [0.4, 0.5) is 23.8 Å². The normalized spacial score (nSPS) is 17.8. The number of halogens is 3. The standard InChI is InChI=1S/C25H26F3N7O4/c1-33-13-14(11-30-33)22-17-12-29-20(34(2)24(36)37)10-18(17)35(32-22)15-4-6-16(7-5-15)39-19-8-9-21(38-3)31-23(19)25(26,27)28/h8-13,15-16H,4-7H2,1-3H3,(H,36,37). The van der Waals surface area contributed by atoms with Crippen LogP contribution < -0.4 is 14.4 Å². The zero-order valence-corrected chi connectivity index (χ0v) is 21.4. The molecule has 1 aliphatic rings. The van der Waals surface area contributed by atoms with E-state index in [-0.39, 0.29) is 23.5 Å². The zero-order valence-electron chi connectivity index (χ0n) is 21.4. The van der Waals surface area contributed by atoms with Crippen molar-refractivity contribution in [2.45, 2.75) is 44.0 Å². The van der Waals surface area contributed by atoms with Crippen molar-refractivity contribution in [3.05, 3.63) is 42.5 Å². The van der Waals surface area contributed by atoms with Gasteiger partial charge in [0.25, 0.3) is 0 Å². The topological polar surface area (TPSA) is 120 Å². The minimum absolute atomic E-state index is 0.0840. The molecule has 11 nitrogen and oxygen atoms in total. The van der Waals surface area contributed by atoms with Crippen LogP contribution in [-0.2, 0) is 13.2 Å². The molecule has 1 aliphatic carbocycles. The Morgan fingerprint density at radius 3 is 2.54 bits per heavy atom. The number of fused-ring (bicyclic) bond motifs is 1. The molecule has 0 aliphatic heterocycles. The molecule has 1 saturated carbocycles. The molecule has 4 heterocycles. The third-order valence-corrected chi connectivity index (χ3v) is 6.78. The van der Waals surface area contributed by atoms with Gasteiger partial charge in [0, 0.05) is 49.6 Å². The van der Waals surface area contributed by atoms with Gasteiger partial charge in [0.05, 0.1) is 31.0 Å². The zero-order chi connectivity index (χ0) is 27.9. The first kappa shape index (κ1) is 26.3. The first-order valence-corrected chi connectivity index (χ1v) is 12.2. The van der Waals surface area contributed by atoms with E-state index in [1.165, 1.54) is 26.3 Å². The molecule has 1 amide bonds. The van der Waals surface area contributed by atoms with Crippen molar-refractivity contribution in [2.24, 2.45) is 7.05 Å². The molecule has 0 unspecified atom stereocenters. The third kappa shape index (κ3) is 5.18. The van der Waals surface area contributed by atoms with E-state index in [4.69, 9.17) is 14.6 Å². The summed E-state index contributed by atoms with van der Waals surface area (Å²) >= 11 is 0. The van der Waals surface area contributed by atoms with Crippen LogP contribution in [0.3, 0.4) is 0 Å². The van der Waals surface area contributed by atoms with Crippen LogP contribution in [0.15, 0.2) is 36.8 Å². The van der Waals surface area contributed by atoms with E-state index in [2.05, 4.69) is 15.1 Å². The van der Waals surface area contributed by atoms with Crippen LogP contribution in [0.5, 0.6) is 11.6 Å². The molecule has 0 bridgehead atoms. The maximum Gasteiger partial charge on any atom is 0.437 e. The van der Waals surface area contributed by atoms with Crippen molar-refractivity contribution in [1.82, 2.24) is 29.5 Å². The van der Waals surface area contributed by atoms with Crippen molar-refractivity contribution >= 4 is 22.8 Å². The van der Waals surface area contributed by atoms with Gasteiger partial charge in [-0.1, -0.05) is 0 Å². The van der Waals surface area contributed by atoms with Gasteiger partial charge in [-0.25, -0.2) is 14.8 Å². The summed E-state index contributed by atoms with van der Waals surface area (Å²) in [5, 5.41) is 19.2. The smallest absolute Gasteiger partial charge is 0.437 e. The molecule has 0 atom stereocenters. The minimum Gasteiger partial charge on any atom is -0.488 e. The Kier molecular flexibility index (Phi) is 6.78. The lowest BCUT2D eigenvalue weighted by atomic mass is 9.93. The lowest BCUT2D eigenvalue weighted by Crippen LogP contribution is -2.27. The number of aryl methyl sites for hydroxylation is 1. The van der Waals surface area contributed by atoms with Crippen molar-refractivity contribution in [3.8, 4) is 22.9 Å². The molecule has 14 heteroatoms. The Morgan fingerprint density at radius 2 is 1.92 bits per heavy atom. The highest BCUT2D eigenvalue weighted by atomic mass is 19.4. The highest BCUT2D eigenvalue weighted by molar-refractivity contribution is 5.95. The molecule has 0 radical (unpaired) electrons. The van der Waals surface area contributed by atoms with E-state index >= 15 is 0 Å². The van der Waals surface area contributed by atoms with Gasteiger partial charge in [-0.3, -0.25) is 14.3 Å². The van der Waals surface area contributed by atoms with Gasteiger partial charge >= 0.3 is 12.3 Å². The monoisotopic (exact) mass is 545 g/mol. The van der Waals surface area contributed by atoms with Crippen LogP contribution in [0, 0.1) is 0 Å². The number of methoxy groups -OCH3 is 1. The van der Waals surface area contributed by atoms with Gasteiger partial charge in [0.1, 0.15) is 11.5 Å². The quantitative estimate of drug-likeness (QED) is 0.362. The highest BCUT2D eigenvalue weighted by Crippen LogP contribution is 2.40. The second kappa shape index (κ2) is 10.1. The second-order valence-corrected chi connectivity index (χ2v) is 9.34. The predicted octanol–water partition coefficient (Wildman–Crippen LogP) is 4.93. The number of pyridine rings is 2. The average molecular weight is 546 g/mol. The summed E-state index contributed by atoms with van der Waals surface area (Å²) in [6.45, 7) is 0. The summed E-state index contributed by atoms with van der Waals surface area (Å²) in [4.78, 5) is 20.4. The second-order valence-electron chi connectivity index (χ2n) is 9.34. The Morgan fingerprint density at radius 1 is 1.18 bits per heavy atom. The van der Waals surface area contributed by atoms with Crippen LogP contribution >= 0.6 is 0 Å². The predicted molar refractivity (Wildman–Crippen MR) is 134 cm³/mol. The lowest BCUT2D eigenvalue weighted by Gasteiger charge is -2.30. The van der Waals surface area contributed by atoms with E-state index in [9.17, 15) is 23.1 Å². The number of anilines is 1. The number of ether oxygens (including phenoxy) is 2. The molecule has 4 aromatic heterocycles. The molecule has 206 valence electrons. The lowest BCUT2D eigenvalue weighted by molar-refractivity contribution is -0.143. The van der Waals surface area contributed by atoms with Crippen molar-refractivity contribution < 1.29 is 32.5 Å². The molecular formula is C25H26F3N7O4. The number of nitrogens with zero attached hydrogens (tertiary/aromatic N) is 7. The van der Waals surface area contributed by atoms with Crippen molar-refractivity contribution in [3.63, 3.8) is 0 Å². The first-order chi connectivity index (χ1) is 18.5. The number of carbonyl (C=O) groups is 1. The molecule has 0 aromatic carbocycles. The molecular weight excluding hydrogens is 519 g/mol. The van der Waals surface area contributed by atoms with Gasteiger partial charge in [0.2, 0.25) is 5.88 Å². The number of hydrogen-bond acceptors (Lipinski definition) is 7. The number of amides is 1. The van der Waals surface area contributed by atoms with Crippen molar-refractivity contribution in [2.75, 3.05) is 19.1 Å². The van der Waals surface area contributed by atoms with Crippen LogP contribution in [0.2, 0.25) is 0 Å². The SMILES string of the molecule is COc1ccc(OC2CCC(n3nc(-c4cnn(C)c4)c4cnc(N(C)C(=O)O)cc43)CC2)c(C(F)(F)F)n1. The maximum absolute atomic E-state index is 13.6. The van der Waals surface area contributed by atoms with E-state index in [1.807, 2.05) is 10.9 Å². The van der Waals surface area contributed by atoms with Gasteiger partial charge in [0.15, 0.2) is 11.4 Å². The Labute approximate surface area is 220 Å². The van der Waals surface area contributed by atoms with Gasteiger partial charge in [-0.2, -0.15) is 23.4 Å². The van der Waals surface area contributed by atoms with Gasteiger partial charge in [-0.15, -0.1) is 0 Å². The summed E-state index contributed by atoms with van der Waals surface area (Å²) in [6.07, 6.45) is 1.000. The largest absolute Gasteiger partial charge is 0.488 e. The Bertz CT molecular complexity index is 1510. The minimum atomic E-state index is -4.69. The maximum atomic E-state index is 13.6. The van der Waals surface area contributed by atoms with Crippen LogP contribution in [0.25, 0.3) is 22.2 Å². The van der Waals surface area contributed by atoms with E-state index in [0.29, 0.717) is 36.9 Å². The Balaban J connectivity index is 1.42. The number of rotatable bonds is 6. The fourth-order valence-corrected chi connectivity index (χ4v) is 4.77. The molecule has 1 fully saturated rings. The highest BCUT2D eigenvalue weighted by Gasteiger charge is 2.38. The Hall–Kier alpha value is -4.36. The molecule has 0 spiro atoms. The van der Waals surface area contributed by atoms with Crippen LogP contribution in [0.1, 0.15) is 37.4 Å². The van der Waals surface area contributed by atoms with Crippen LogP contribution in [-0.4, -0.2) is 61.0 Å². The number of hydrogen-bond donors (Lipinski definition) is 1. The van der Waals surface area contributed by atoms with E-state index in [1.54, 1.807) is 30.2 Å². The van der Waals surface area contributed by atoms with Crippen molar-refractivity contribution in [1.29, 1.82) is 0 Å². The molecule has 4 aromatic rings. The summed E-state index contributed by atoms with van der Waals surface area (Å²) in [5.74, 6) is -0.226. The molecule has 0 saturated heterocycles.